The van der Waals surface area contributed by atoms with Crippen molar-refractivity contribution in [2.75, 3.05) is 20.8 Å². The lowest BCUT2D eigenvalue weighted by atomic mass is 10.1. The summed E-state index contributed by atoms with van der Waals surface area (Å²) in [6.07, 6.45) is -4.82. The highest BCUT2D eigenvalue weighted by Crippen LogP contribution is 2.34. The quantitative estimate of drug-likeness (QED) is 0.522. The van der Waals surface area contributed by atoms with E-state index in [9.17, 15) is 32.9 Å². The van der Waals surface area contributed by atoms with E-state index in [0.29, 0.717) is 9.25 Å². The molecule has 0 unspecified atom stereocenters. The van der Waals surface area contributed by atoms with Crippen molar-refractivity contribution >= 4 is 11.6 Å². The Bertz CT molecular complexity index is 998. The van der Waals surface area contributed by atoms with Crippen molar-refractivity contribution in [1.82, 2.24) is 19.7 Å². The molecule has 2 aromatic rings. The van der Waals surface area contributed by atoms with Crippen molar-refractivity contribution < 1.29 is 32.4 Å². The topological polar surface area (TPSA) is 131 Å². The van der Waals surface area contributed by atoms with Crippen molar-refractivity contribution in [2.24, 2.45) is 7.05 Å². The third kappa shape index (κ3) is 4.47. The van der Waals surface area contributed by atoms with Crippen LogP contribution in [0, 0.1) is 10.1 Å². The molecule has 0 bridgehead atoms. The van der Waals surface area contributed by atoms with Gasteiger partial charge < -0.3 is 14.8 Å². The fourth-order valence-corrected chi connectivity index (χ4v) is 2.45. The number of amides is 1. The van der Waals surface area contributed by atoms with Crippen molar-refractivity contribution in [3.05, 3.63) is 44.1 Å². The van der Waals surface area contributed by atoms with E-state index in [1.165, 1.54) is 14.2 Å². The van der Waals surface area contributed by atoms with E-state index >= 15 is 0 Å². The molecule has 0 radical (unpaired) electrons. The standard InChI is InChI=1S/C15H16F3N5O6/c1-21-13(15(16,17)18)20-22(14(21)25)5-4-19-12(24)8-6-10(28-2)11(29-3)7-9(8)23(26)27/h6-7H,4-5H2,1-3H3,(H,19,24). The maximum Gasteiger partial charge on any atom is 0.451 e. The monoisotopic (exact) mass is 419 g/mol. The van der Waals surface area contributed by atoms with Crippen LogP contribution >= 0.6 is 0 Å². The summed E-state index contributed by atoms with van der Waals surface area (Å²) < 4.78 is 49.2. The molecule has 0 spiro atoms. The van der Waals surface area contributed by atoms with Gasteiger partial charge in [-0.25, -0.2) is 9.48 Å². The van der Waals surface area contributed by atoms with E-state index in [1.807, 2.05) is 0 Å². The van der Waals surface area contributed by atoms with Gasteiger partial charge in [0.15, 0.2) is 11.5 Å². The van der Waals surface area contributed by atoms with Crippen LogP contribution in [-0.4, -0.2) is 45.9 Å². The van der Waals surface area contributed by atoms with E-state index in [2.05, 4.69) is 10.4 Å². The second-order valence-electron chi connectivity index (χ2n) is 5.62. The van der Waals surface area contributed by atoms with Crippen LogP contribution < -0.4 is 20.5 Å². The lowest BCUT2D eigenvalue weighted by Gasteiger charge is -2.11. The van der Waals surface area contributed by atoms with Crippen molar-refractivity contribution in [3.63, 3.8) is 0 Å². The highest BCUT2D eigenvalue weighted by atomic mass is 19.4. The fourth-order valence-electron chi connectivity index (χ4n) is 2.45. The predicted molar refractivity (Wildman–Crippen MR) is 91.0 cm³/mol. The molecule has 11 nitrogen and oxygen atoms in total. The normalized spacial score (nSPS) is 11.2. The number of hydrogen-bond acceptors (Lipinski definition) is 7. The van der Waals surface area contributed by atoms with Gasteiger partial charge in [0, 0.05) is 19.7 Å². The number of nitro groups is 1. The summed E-state index contributed by atoms with van der Waals surface area (Å²) in [6.45, 7) is -0.686. The van der Waals surface area contributed by atoms with Crippen LogP contribution in [0.1, 0.15) is 16.2 Å². The third-order valence-electron chi connectivity index (χ3n) is 3.85. The number of ether oxygens (including phenoxy) is 2. The van der Waals surface area contributed by atoms with Gasteiger partial charge in [0.25, 0.3) is 11.6 Å². The van der Waals surface area contributed by atoms with Gasteiger partial charge in [-0.05, 0) is 0 Å². The summed E-state index contributed by atoms with van der Waals surface area (Å²) in [5.74, 6) is -2.17. The Morgan fingerprint density at radius 2 is 1.86 bits per heavy atom. The number of alkyl halides is 3. The Kier molecular flexibility index (Phi) is 6.14. The second-order valence-corrected chi connectivity index (χ2v) is 5.62. The summed E-state index contributed by atoms with van der Waals surface area (Å²) in [4.78, 5) is 34.6. The Balaban J connectivity index is 2.20. The molecular formula is C15H16F3N5O6. The van der Waals surface area contributed by atoms with Crippen LogP contribution in [0.5, 0.6) is 11.5 Å². The molecule has 0 atom stereocenters. The molecular weight excluding hydrogens is 403 g/mol. The molecule has 1 aromatic heterocycles. The van der Waals surface area contributed by atoms with Crippen LogP contribution in [-0.2, 0) is 19.8 Å². The molecule has 0 aliphatic heterocycles. The minimum absolute atomic E-state index is 0.0375. The Morgan fingerprint density at radius 3 is 2.34 bits per heavy atom. The fraction of sp³-hybridized carbons (Fsp3) is 0.400. The van der Waals surface area contributed by atoms with Crippen LogP contribution in [0.2, 0.25) is 0 Å². The maximum absolute atomic E-state index is 12.8. The van der Waals surface area contributed by atoms with Crippen molar-refractivity contribution in [3.8, 4) is 11.5 Å². The largest absolute Gasteiger partial charge is 0.493 e. The first kappa shape index (κ1) is 21.7. The first-order valence-electron chi connectivity index (χ1n) is 7.90. The molecule has 0 aliphatic carbocycles. The minimum Gasteiger partial charge on any atom is -0.493 e. The number of carbonyl (C=O) groups excluding carboxylic acids is 1. The van der Waals surface area contributed by atoms with Gasteiger partial charge in [0.1, 0.15) is 5.56 Å². The third-order valence-corrected chi connectivity index (χ3v) is 3.85. The van der Waals surface area contributed by atoms with Crippen LogP contribution in [0.25, 0.3) is 0 Å². The smallest absolute Gasteiger partial charge is 0.451 e. The first-order chi connectivity index (χ1) is 13.5. The van der Waals surface area contributed by atoms with E-state index in [-0.39, 0.29) is 30.2 Å². The van der Waals surface area contributed by atoms with Crippen molar-refractivity contribution in [2.45, 2.75) is 12.7 Å². The molecule has 1 heterocycles. The number of halogens is 3. The average molecular weight is 419 g/mol. The lowest BCUT2D eigenvalue weighted by molar-refractivity contribution is -0.385. The Morgan fingerprint density at radius 1 is 1.28 bits per heavy atom. The van der Waals surface area contributed by atoms with E-state index < -0.39 is 34.2 Å². The van der Waals surface area contributed by atoms with Crippen LogP contribution in [0.3, 0.4) is 0 Å². The van der Waals surface area contributed by atoms with Crippen LogP contribution in [0.15, 0.2) is 16.9 Å². The van der Waals surface area contributed by atoms with E-state index in [0.717, 1.165) is 19.2 Å². The molecule has 1 amide bonds. The molecule has 2 rings (SSSR count). The van der Waals surface area contributed by atoms with Crippen molar-refractivity contribution in [1.29, 1.82) is 0 Å². The molecule has 158 valence electrons. The van der Waals surface area contributed by atoms with Gasteiger partial charge in [-0.2, -0.15) is 13.2 Å². The number of nitrogens with zero attached hydrogens (tertiary/aromatic N) is 4. The molecule has 0 saturated carbocycles. The molecule has 1 aromatic carbocycles. The first-order valence-corrected chi connectivity index (χ1v) is 7.90. The number of benzene rings is 1. The van der Waals surface area contributed by atoms with Crippen LogP contribution in [0.4, 0.5) is 18.9 Å². The average Bonchev–Trinajstić information content (AvgIpc) is 2.95. The molecule has 0 fully saturated rings. The number of carbonyl (C=O) groups is 1. The summed E-state index contributed by atoms with van der Waals surface area (Å²) in [7, 11) is 3.46. The number of methoxy groups -OCH3 is 2. The lowest BCUT2D eigenvalue weighted by Crippen LogP contribution is -2.32. The molecule has 1 N–H and O–H groups in total. The van der Waals surface area contributed by atoms with Gasteiger partial charge in [0.2, 0.25) is 5.82 Å². The zero-order chi connectivity index (χ0) is 21.9. The Hall–Kier alpha value is -3.58. The summed E-state index contributed by atoms with van der Waals surface area (Å²) in [5.41, 5.74) is -1.94. The second kappa shape index (κ2) is 8.20. The zero-order valence-corrected chi connectivity index (χ0v) is 15.4. The summed E-state index contributed by atoms with van der Waals surface area (Å²) in [5, 5.41) is 16.7. The SMILES string of the molecule is COc1cc(C(=O)NCCn2nc(C(F)(F)F)n(C)c2=O)c([N+](=O)[O-])cc1OC. The maximum atomic E-state index is 12.8. The van der Waals surface area contributed by atoms with E-state index in [4.69, 9.17) is 9.47 Å². The predicted octanol–water partition coefficient (Wildman–Crippen LogP) is 0.956. The number of nitro benzene ring substituents is 1. The Labute approximate surface area is 160 Å². The van der Waals surface area contributed by atoms with Gasteiger partial charge >= 0.3 is 11.9 Å². The van der Waals surface area contributed by atoms with Gasteiger partial charge in [0.05, 0.1) is 31.8 Å². The van der Waals surface area contributed by atoms with Gasteiger partial charge in [-0.15, -0.1) is 5.10 Å². The summed E-state index contributed by atoms with van der Waals surface area (Å²) >= 11 is 0. The molecule has 29 heavy (non-hydrogen) atoms. The highest BCUT2D eigenvalue weighted by Gasteiger charge is 2.38. The summed E-state index contributed by atoms with van der Waals surface area (Å²) in [6, 6.07) is 2.10. The van der Waals surface area contributed by atoms with Gasteiger partial charge in [-0.3, -0.25) is 19.5 Å². The highest BCUT2D eigenvalue weighted by molar-refractivity contribution is 5.99. The zero-order valence-electron chi connectivity index (χ0n) is 15.4. The molecule has 14 heteroatoms. The molecule has 0 saturated heterocycles. The minimum atomic E-state index is -4.82. The number of aromatic nitrogens is 3. The number of nitrogens with one attached hydrogen (secondary N) is 1. The van der Waals surface area contributed by atoms with Gasteiger partial charge in [-0.1, -0.05) is 0 Å². The number of hydrogen-bond donors (Lipinski definition) is 1. The molecule has 0 aliphatic rings. The van der Waals surface area contributed by atoms with E-state index in [1.54, 1.807) is 0 Å². The number of rotatable bonds is 7.